The van der Waals surface area contributed by atoms with Crippen LogP contribution < -0.4 is 4.90 Å². The first kappa shape index (κ1) is 11.9. The number of hydrogen-bond donors (Lipinski definition) is 1. The summed E-state index contributed by atoms with van der Waals surface area (Å²) in [4.78, 5) is 13.1. The van der Waals surface area contributed by atoms with E-state index in [2.05, 4.69) is 0 Å². The van der Waals surface area contributed by atoms with Crippen LogP contribution in [0.2, 0.25) is 0 Å². The lowest BCUT2D eigenvalue weighted by atomic mass is 10.0. The average Bonchev–Trinajstić information content (AvgIpc) is 2.56. The summed E-state index contributed by atoms with van der Waals surface area (Å²) in [6.07, 6.45) is -0.0799. The van der Waals surface area contributed by atoms with Crippen LogP contribution >= 0.6 is 0 Å². The van der Waals surface area contributed by atoms with E-state index in [9.17, 15) is 9.18 Å². The Balaban J connectivity index is 2.18. The smallest absolute Gasteiger partial charge is 0.415 e. The standard InChI is InChI=1S/C12H14FNO3/c1-12(6-7-15)8-14(11(16)17-12)10-4-2-9(13)3-5-10/h2-5,15H,6-8H2,1H3. The zero-order valence-electron chi connectivity index (χ0n) is 9.52. The quantitative estimate of drug-likeness (QED) is 0.876. The van der Waals surface area contributed by atoms with Crippen molar-refractivity contribution in [3.63, 3.8) is 0 Å². The minimum Gasteiger partial charge on any atom is -0.441 e. The molecule has 1 unspecified atom stereocenters. The molecular weight excluding hydrogens is 225 g/mol. The fourth-order valence-electron chi connectivity index (χ4n) is 1.88. The molecule has 1 fully saturated rings. The van der Waals surface area contributed by atoms with E-state index < -0.39 is 11.7 Å². The second-order valence-electron chi connectivity index (χ2n) is 4.35. The highest BCUT2D eigenvalue weighted by atomic mass is 19.1. The van der Waals surface area contributed by atoms with Crippen LogP contribution in [0.3, 0.4) is 0 Å². The molecule has 1 atom stereocenters. The van der Waals surface area contributed by atoms with Crippen LogP contribution in [0.5, 0.6) is 0 Å². The molecule has 1 N–H and O–H groups in total. The van der Waals surface area contributed by atoms with Gasteiger partial charge in [-0.3, -0.25) is 4.90 Å². The number of hydrogen-bond acceptors (Lipinski definition) is 3. The fraction of sp³-hybridized carbons (Fsp3) is 0.417. The van der Waals surface area contributed by atoms with Gasteiger partial charge in [-0.2, -0.15) is 0 Å². The Labute approximate surface area is 98.6 Å². The Morgan fingerprint density at radius 2 is 2.12 bits per heavy atom. The first-order chi connectivity index (χ1) is 8.04. The molecule has 1 aliphatic rings. The predicted octanol–water partition coefficient (Wildman–Crippen LogP) is 1.92. The Morgan fingerprint density at radius 3 is 2.71 bits per heavy atom. The molecule has 1 heterocycles. The number of halogens is 1. The number of cyclic esters (lactones) is 1. The van der Waals surface area contributed by atoms with Gasteiger partial charge in [0, 0.05) is 18.7 Å². The summed E-state index contributed by atoms with van der Waals surface area (Å²) in [6.45, 7) is 2.09. The molecule has 4 nitrogen and oxygen atoms in total. The van der Waals surface area contributed by atoms with Crippen molar-refractivity contribution in [3.05, 3.63) is 30.1 Å². The van der Waals surface area contributed by atoms with E-state index >= 15 is 0 Å². The van der Waals surface area contributed by atoms with Crippen molar-refractivity contribution in [2.45, 2.75) is 18.9 Å². The van der Waals surface area contributed by atoms with Crippen molar-refractivity contribution in [2.24, 2.45) is 0 Å². The summed E-state index contributed by atoms with van der Waals surface area (Å²) >= 11 is 0. The second-order valence-corrected chi connectivity index (χ2v) is 4.35. The monoisotopic (exact) mass is 239 g/mol. The number of benzene rings is 1. The molecule has 1 aromatic carbocycles. The first-order valence-corrected chi connectivity index (χ1v) is 5.41. The first-order valence-electron chi connectivity index (χ1n) is 5.41. The lowest BCUT2D eigenvalue weighted by Crippen LogP contribution is -2.32. The van der Waals surface area contributed by atoms with E-state index in [1.165, 1.54) is 29.2 Å². The van der Waals surface area contributed by atoms with Crippen LogP contribution in [0.1, 0.15) is 13.3 Å². The molecule has 0 bridgehead atoms. The highest BCUT2D eigenvalue weighted by molar-refractivity contribution is 5.90. The van der Waals surface area contributed by atoms with Crippen molar-refractivity contribution >= 4 is 11.8 Å². The average molecular weight is 239 g/mol. The fourth-order valence-corrected chi connectivity index (χ4v) is 1.88. The number of carbonyl (C=O) groups is 1. The third-order valence-corrected chi connectivity index (χ3v) is 2.83. The van der Waals surface area contributed by atoms with Crippen molar-refractivity contribution < 1.29 is 19.0 Å². The van der Waals surface area contributed by atoms with Crippen LogP contribution in [0.15, 0.2) is 24.3 Å². The lowest BCUT2D eigenvalue weighted by Gasteiger charge is -2.20. The Bertz CT molecular complexity index is 420. The van der Waals surface area contributed by atoms with Gasteiger partial charge in [-0.05, 0) is 31.2 Å². The van der Waals surface area contributed by atoms with Crippen LogP contribution in [-0.2, 0) is 4.74 Å². The van der Waals surface area contributed by atoms with Crippen molar-refractivity contribution in [3.8, 4) is 0 Å². The molecule has 0 saturated carbocycles. The van der Waals surface area contributed by atoms with Crippen molar-refractivity contribution in [1.82, 2.24) is 0 Å². The van der Waals surface area contributed by atoms with Crippen molar-refractivity contribution in [2.75, 3.05) is 18.1 Å². The summed E-state index contributed by atoms with van der Waals surface area (Å²) in [5.74, 6) is -0.348. The van der Waals surface area contributed by atoms with E-state index in [1.54, 1.807) is 6.92 Å². The van der Waals surface area contributed by atoms with E-state index in [4.69, 9.17) is 9.84 Å². The maximum absolute atomic E-state index is 12.8. The minimum absolute atomic E-state index is 0.0406. The topological polar surface area (TPSA) is 49.8 Å². The predicted molar refractivity (Wildman–Crippen MR) is 60.3 cm³/mol. The molecular formula is C12H14FNO3. The number of ether oxygens (including phenoxy) is 1. The van der Waals surface area contributed by atoms with E-state index in [0.29, 0.717) is 18.7 Å². The SMILES string of the molecule is CC1(CCO)CN(c2ccc(F)cc2)C(=O)O1. The summed E-state index contributed by atoms with van der Waals surface area (Å²) in [5.41, 5.74) is -0.0849. The van der Waals surface area contributed by atoms with Crippen molar-refractivity contribution in [1.29, 1.82) is 0 Å². The molecule has 1 amide bonds. The molecule has 1 aliphatic heterocycles. The number of rotatable bonds is 3. The molecule has 0 aliphatic carbocycles. The Hall–Kier alpha value is -1.62. The number of amides is 1. The molecule has 0 spiro atoms. The highest BCUT2D eigenvalue weighted by Crippen LogP contribution is 2.29. The molecule has 5 heteroatoms. The highest BCUT2D eigenvalue weighted by Gasteiger charge is 2.41. The van der Waals surface area contributed by atoms with Crippen LogP contribution in [-0.4, -0.2) is 30.0 Å². The molecule has 92 valence electrons. The van der Waals surface area contributed by atoms with E-state index in [1.807, 2.05) is 0 Å². The number of aliphatic hydroxyl groups excluding tert-OH is 1. The van der Waals surface area contributed by atoms with Gasteiger partial charge < -0.3 is 9.84 Å². The van der Waals surface area contributed by atoms with Gasteiger partial charge in [-0.25, -0.2) is 9.18 Å². The zero-order chi connectivity index (χ0) is 12.5. The molecule has 1 saturated heterocycles. The van der Waals surface area contributed by atoms with Gasteiger partial charge in [-0.15, -0.1) is 0 Å². The number of nitrogens with zero attached hydrogens (tertiary/aromatic N) is 1. The molecule has 1 aromatic rings. The van der Waals surface area contributed by atoms with Crippen LogP contribution in [0.25, 0.3) is 0 Å². The summed E-state index contributed by atoms with van der Waals surface area (Å²) in [6, 6.07) is 5.65. The third-order valence-electron chi connectivity index (χ3n) is 2.83. The zero-order valence-corrected chi connectivity index (χ0v) is 9.52. The Morgan fingerprint density at radius 1 is 1.47 bits per heavy atom. The molecule has 2 rings (SSSR count). The van der Waals surface area contributed by atoms with E-state index in [0.717, 1.165) is 0 Å². The van der Waals surface area contributed by atoms with Gasteiger partial charge >= 0.3 is 6.09 Å². The van der Waals surface area contributed by atoms with Gasteiger partial charge in [0.1, 0.15) is 11.4 Å². The molecule has 0 aromatic heterocycles. The molecule has 0 radical (unpaired) electrons. The second kappa shape index (κ2) is 4.33. The maximum Gasteiger partial charge on any atom is 0.415 e. The third kappa shape index (κ3) is 2.39. The van der Waals surface area contributed by atoms with Gasteiger partial charge in [-0.1, -0.05) is 0 Å². The Kier molecular flexibility index (Phi) is 3.02. The lowest BCUT2D eigenvalue weighted by molar-refractivity contribution is 0.0502. The number of anilines is 1. The normalized spacial score (nSPS) is 23.9. The largest absolute Gasteiger partial charge is 0.441 e. The van der Waals surface area contributed by atoms with Gasteiger partial charge in [0.05, 0.1) is 6.54 Å². The van der Waals surface area contributed by atoms with Gasteiger partial charge in [0.15, 0.2) is 0 Å². The van der Waals surface area contributed by atoms with Gasteiger partial charge in [0.25, 0.3) is 0 Å². The van der Waals surface area contributed by atoms with Crippen LogP contribution in [0, 0.1) is 5.82 Å². The summed E-state index contributed by atoms with van der Waals surface area (Å²) in [7, 11) is 0. The maximum atomic E-state index is 12.8. The summed E-state index contributed by atoms with van der Waals surface area (Å²) in [5, 5.41) is 8.91. The van der Waals surface area contributed by atoms with E-state index in [-0.39, 0.29) is 12.4 Å². The number of carbonyl (C=O) groups excluding carboxylic acids is 1. The number of aliphatic hydroxyl groups is 1. The summed E-state index contributed by atoms with van der Waals surface area (Å²) < 4.78 is 18.0. The van der Waals surface area contributed by atoms with Crippen LogP contribution in [0.4, 0.5) is 14.9 Å². The van der Waals surface area contributed by atoms with Gasteiger partial charge in [0.2, 0.25) is 0 Å². The molecule has 17 heavy (non-hydrogen) atoms. The minimum atomic E-state index is -0.680.